The zero-order chi connectivity index (χ0) is 33.5. The largest absolute Gasteiger partial charge is 0.507 e. The maximum absolute atomic E-state index is 14.7. The lowest BCUT2D eigenvalue weighted by atomic mass is 10.1. The van der Waals surface area contributed by atoms with Crippen molar-refractivity contribution in [2.45, 2.75) is 0 Å². The van der Waals surface area contributed by atoms with Crippen molar-refractivity contribution in [3.8, 4) is 74.7 Å². The second-order valence-corrected chi connectivity index (χ2v) is 9.89. The van der Waals surface area contributed by atoms with Gasteiger partial charge >= 0.3 is 6.01 Å². The quantitative estimate of drug-likeness (QED) is 0.171. The molecule has 0 aliphatic carbocycles. The fraction of sp³-hybridized carbons (Fsp3) is 0.0556. The Balaban J connectivity index is 0.000000182. The van der Waals surface area contributed by atoms with Gasteiger partial charge in [-0.3, -0.25) is 0 Å². The van der Waals surface area contributed by atoms with E-state index in [-0.39, 0.29) is 51.8 Å². The van der Waals surface area contributed by atoms with Crippen LogP contribution in [-0.2, 0) is 0 Å². The van der Waals surface area contributed by atoms with Gasteiger partial charge in [0.05, 0.1) is 31.4 Å². The number of aromatic hydroxyl groups is 1. The normalized spacial score (nSPS) is 10.6. The average molecular weight is 649 g/mol. The van der Waals surface area contributed by atoms with Crippen molar-refractivity contribution >= 4 is 0 Å². The van der Waals surface area contributed by atoms with E-state index >= 15 is 0 Å². The van der Waals surface area contributed by atoms with E-state index in [1.54, 1.807) is 6.07 Å². The monoisotopic (exact) mass is 648 g/mol. The molecular weight excluding hydrogens is 622 g/mol. The summed E-state index contributed by atoms with van der Waals surface area (Å²) in [5, 5.41) is 9.70. The lowest BCUT2D eigenvalue weighted by Gasteiger charge is -2.10. The van der Waals surface area contributed by atoms with Crippen LogP contribution in [0.3, 0.4) is 0 Å². The second kappa shape index (κ2) is 14.3. The fourth-order valence-corrected chi connectivity index (χ4v) is 4.54. The Bertz CT molecular complexity index is 2100. The maximum Gasteiger partial charge on any atom is 0.328 e. The SMILES string of the molecule is COc1cc(OC)nc(Oc2cccc(F)c2-c2coc(-c3ccccc3)n2)n1.Oc1cccc(F)c1-c1coc(-c2ccccc2)n1. The van der Waals surface area contributed by atoms with Gasteiger partial charge in [0, 0.05) is 11.1 Å². The lowest BCUT2D eigenvalue weighted by Crippen LogP contribution is -1.99. The molecule has 4 aromatic carbocycles. The van der Waals surface area contributed by atoms with Crippen molar-refractivity contribution in [1.29, 1.82) is 0 Å². The summed E-state index contributed by atoms with van der Waals surface area (Å²) in [6.45, 7) is 0. The molecule has 0 aliphatic rings. The summed E-state index contributed by atoms with van der Waals surface area (Å²) >= 11 is 0. The van der Waals surface area contributed by atoms with Crippen LogP contribution in [0, 0.1) is 11.6 Å². The molecule has 0 saturated carbocycles. The molecule has 1 N–H and O–H groups in total. The highest BCUT2D eigenvalue weighted by Crippen LogP contribution is 2.36. The predicted molar refractivity (Wildman–Crippen MR) is 172 cm³/mol. The standard InChI is InChI=1S/C21H16FN3O4.C15H10FNO2/c1-26-17-11-18(27-2)25-21(24-17)29-16-10-6-9-14(22)19(16)15-12-28-20(23-15)13-7-4-3-5-8-13;16-11-7-4-8-13(18)14(11)12-9-19-15(17-12)10-5-2-1-3-6-10/h3-12H,1-2H3;1-9,18H. The van der Waals surface area contributed by atoms with Crippen LogP contribution in [0.1, 0.15) is 0 Å². The van der Waals surface area contributed by atoms with Gasteiger partial charge in [-0.05, 0) is 48.5 Å². The van der Waals surface area contributed by atoms with E-state index in [4.69, 9.17) is 23.0 Å². The molecule has 0 atom stereocenters. The summed E-state index contributed by atoms with van der Waals surface area (Å²) in [5.41, 5.74) is 2.31. The summed E-state index contributed by atoms with van der Waals surface area (Å²) in [6.07, 6.45) is 2.71. The van der Waals surface area contributed by atoms with Crippen LogP contribution < -0.4 is 14.2 Å². The molecule has 10 nitrogen and oxygen atoms in total. The Morgan fingerprint density at radius 3 is 1.60 bits per heavy atom. The maximum atomic E-state index is 14.7. The van der Waals surface area contributed by atoms with Gasteiger partial charge in [0.15, 0.2) is 0 Å². The summed E-state index contributed by atoms with van der Waals surface area (Å²) in [5.74, 6) is 0.210. The Kier molecular flexibility index (Phi) is 9.33. The number of nitrogens with zero attached hydrogens (tertiary/aromatic N) is 4. The number of hydrogen-bond acceptors (Lipinski definition) is 10. The molecule has 240 valence electrons. The summed E-state index contributed by atoms with van der Waals surface area (Å²) < 4.78 is 55.2. The lowest BCUT2D eigenvalue weighted by molar-refractivity contribution is 0.348. The number of rotatable bonds is 8. The Morgan fingerprint density at radius 1 is 0.583 bits per heavy atom. The first-order valence-electron chi connectivity index (χ1n) is 14.4. The van der Waals surface area contributed by atoms with Gasteiger partial charge in [0.25, 0.3) is 0 Å². The van der Waals surface area contributed by atoms with Crippen LogP contribution in [0.2, 0.25) is 0 Å². The van der Waals surface area contributed by atoms with Gasteiger partial charge in [-0.1, -0.05) is 48.5 Å². The van der Waals surface area contributed by atoms with Gasteiger partial charge < -0.3 is 28.2 Å². The zero-order valence-corrected chi connectivity index (χ0v) is 25.5. The number of oxazole rings is 2. The van der Waals surface area contributed by atoms with Crippen molar-refractivity contribution in [3.05, 3.63) is 127 Å². The van der Waals surface area contributed by atoms with Gasteiger partial charge in [-0.15, -0.1) is 0 Å². The molecule has 0 unspecified atom stereocenters. The third kappa shape index (κ3) is 6.97. The van der Waals surface area contributed by atoms with Crippen molar-refractivity contribution in [3.63, 3.8) is 0 Å². The molecule has 7 aromatic rings. The second-order valence-electron chi connectivity index (χ2n) is 9.89. The minimum absolute atomic E-state index is 0.0495. The molecule has 0 aliphatic heterocycles. The van der Waals surface area contributed by atoms with E-state index in [1.165, 1.54) is 63.1 Å². The van der Waals surface area contributed by atoms with Crippen LogP contribution >= 0.6 is 0 Å². The molecule has 12 heteroatoms. The van der Waals surface area contributed by atoms with E-state index < -0.39 is 11.6 Å². The van der Waals surface area contributed by atoms with E-state index in [1.807, 2.05) is 60.7 Å². The fourth-order valence-electron chi connectivity index (χ4n) is 4.54. The Hall–Kier alpha value is -6.56. The first-order valence-corrected chi connectivity index (χ1v) is 14.4. The number of aromatic nitrogens is 4. The number of benzene rings is 4. The molecule has 0 amide bonds. The molecule has 0 radical (unpaired) electrons. The highest BCUT2D eigenvalue weighted by atomic mass is 19.1. The smallest absolute Gasteiger partial charge is 0.328 e. The first kappa shape index (κ1) is 31.4. The average Bonchev–Trinajstić information content (AvgIpc) is 3.80. The molecule has 0 fully saturated rings. The van der Waals surface area contributed by atoms with E-state index in [0.29, 0.717) is 11.8 Å². The van der Waals surface area contributed by atoms with Crippen molar-refractivity contribution in [1.82, 2.24) is 19.9 Å². The van der Waals surface area contributed by atoms with Gasteiger partial charge in [0.1, 0.15) is 47.0 Å². The van der Waals surface area contributed by atoms with E-state index in [2.05, 4.69) is 19.9 Å². The number of halogens is 2. The number of hydrogen-bond donors (Lipinski definition) is 1. The molecule has 3 aromatic heterocycles. The van der Waals surface area contributed by atoms with Crippen molar-refractivity contribution in [2.75, 3.05) is 14.2 Å². The van der Waals surface area contributed by atoms with Crippen LogP contribution in [0.4, 0.5) is 8.78 Å². The van der Waals surface area contributed by atoms with Crippen molar-refractivity contribution < 1.29 is 36.9 Å². The predicted octanol–water partition coefficient (Wildman–Crippen LogP) is 8.60. The number of phenolic OH excluding ortho intramolecular Hbond substituents is 1. The molecule has 3 heterocycles. The minimum atomic E-state index is -0.534. The van der Waals surface area contributed by atoms with Gasteiger partial charge in [-0.2, -0.15) is 9.97 Å². The molecule has 0 saturated heterocycles. The highest BCUT2D eigenvalue weighted by Gasteiger charge is 2.20. The summed E-state index contributed by atoms with van der Waals surface area (Å²) in [7, 11) is 2.92. The van der Waals surface area contributed by atoms with Crippen LogP contribution in [-0.4, -0.2) is 39.3 Å². The topological polar surface area (TPSA) is 126 Å². The molecule has 48 heavy (non-hydrogen) atoms. The zero-order valence-electron chi connectivity index (χ0n) is 25.5. The summed E-state index contributed by atoms with van der Waals surface area (Å²) in [4.78, 5) is 16.8. The van der Waals surface area contributed by atoms with E-state index in [0.717, 1.165) is 11.1 Å². The van der Waals surface area contributed by atoms with Crippen LogP contribution in [0.5, 0.6) is 29.3 Å². The molecular formula is C36H26F2N4O6. The number of phenols is 1. The third-order valence-electron chi connectivity index (χ3n) is 6.81. The third-order valence-corrected chi connectivity index (χ3v) is 6.81. The Labute approximate surface area is 272 Å². The van der Waals surface area contributed by atoms with Gasteiger partial charge in [0.2, 0.25) is 23.5 Å². The first-order chi connectivity index (χ1) is 23.4. The highest BCUT2D eigenvalue weighted by molar-refractivity contribution is 5.70. The molecule has 7 rings (SSSR count). The number of ether oxygens (including phenoxy) is 3. The van der Waals surface area contributed by atoms with Gasteiger partial charge in [-0.25, -0.2) is 18.7 Å². The Morgan fingerprint density at radius 2 is 1.08 bits per heavy atom. The van der Waals surface area contributed by atoms with Crippen LogP contribution in [0.25, 0.3) is 45.4 Å². The molecule has 0 bridgehead atoms. The van der Waals surface area contributed by atoms with Crippen LogP contribution in [0.15, 0.2) is 124 Å². The van der Waals surface area contributed by atoms with E-state index in [9.17, 15) is 13.9 Å². The number of methoxy groups -OCH3 is 2. The minimum Gasteiger partial charge on any atom is -0.507 e. The molecule has 0 spiro atoms. The summed E-state index contributed by atoms with van der Waals surface area (Å²) in [6, 6.07) is 28.6. The van der Waals surface area contributed by atoms with Crippen molar-refractivity contribution in [2.24, 2.45) is 0 Å².